The fourth-order valence-corrected chi connectivity index (χ4v) is 4.21. The average molecular weight is 396 g/mol. The Hall–Kier alpha value is -1.66. The first kappa shape index (κ1) is 20.1. The van der Waals surface area contributed by atoms with Crippen molar-refractivity contribution >= 4 is 23.4 Å². The number of halogens is 2. The molecule has 1 aliphatic carbocycles. The highest BCUT2D eigenvalue weighted by Crippen LogP contribution is 2.51. The quantitative estimate of drug-likeness (QED) is 0.805. The van der Waals surface area contributed by atoms with Gasteiger partial charge in [-0.3, -0.25) is 9.59 Å². The second-order valence-electron chi connectivity index (χ2n) is 9.00. The summed E-state index contributed by atoms with van der Waals surface area (Å²) in [5.74, 6) is -0.273. The predicted molar refractivity (Wildman–Crippen MR) is 103 cm³/mol. The van der Waals surface area contributed by atoms with E-state index in [1.165, 1.54) is 18.2 Å². The van der Waals surface area contributed by atoms with Crippen LogP contribution < -0.4 is 10.6 Å². The summed E-state index contributed by atoms with van der Waals surface area (Å²) in [5.41, 5.74) is 0.402. The zero-order chi connectivity index (χ0) is 19.8. The third kappa shape index (κ3) is 4.99. The lowest BCUT2D eigenvalue weighted by Gasteiger charge is -2.59. The number of nitrogens with one attached hydrogen (secondary N) is 2. The van der Waals surface area contributed by atoms with Crippen LogP contribution in [0, 0.1) is 17.2 Å². The summed E-state index contributed by atoms with van der Waals surface area (Å²) in [4.78, 5) is 26.2. The molecule has 1 saturated carbocycles. The fourth-order valence-electron chi connectivity index (χ4n) is 3.98. The number of benzene rings is 1. The Morgan fingerprint density at radius 3 is 2.52 bits per heavy atom. The molecule has 2 N–H and O–H groups in total. The van der Waals surface area contributed by atoms with Gasteiger partial charge in [-0.15, -0.1) is 0 Å². The van der Waals surface area contributed by atoms with Crippen molar-refractivity contribution in [2.24, 2.45) is 11.3 Å². The zero-order valence-corrected chi connectivity index (χ0v) is 16.8. The number of carbonyl (C=O) groups excluding carboxylic acids is 2. The van der Waals surface area contributed by atoms with Gasteiger partial charge in [-0.25, -0.2) is 4.39 Å². The first-order chi connectivity index (χ1) is 12.6. The lowest BCUT2D eigenvalue weighted by molar-refractivity contribution is -0.154. The molecule has 5 nitrogen and oxygen atoms in total. The lowest BCUT2D eigenvalue weighted by atomic mass is 9.57. The van der Waals surface area contributed by atoms with Gasteiger partial charge in [0.2, 0.25) is 5.91 Å². The van der Waals surface area contributed by atoms with Crippen LogP contribution in [-0.2, 0) is 4.79 Å². The molecule has 0 bridgehead atoms. The molecule has 2 aliphatic rings. The van der Waals surface area contributed by atoms with E-state index in [-0.39, 0.29) is 33.4 Å². The maximum absolute atomic E-state index is 13.3. The third-order valence-corrected chi connectivity index (χ3v) is 5.51. The van der Waals surface area contributed by atoms with Gasteiger partial charge in [0.15, 0.2) is 0 Å². The molecule has 1 saturated heterocycles. The van der Waals surface area contributed by atoms with Crippen LogP contribution in [0.1, 0.15) is 44.0 Å². The van der Waals surface area contributed by atoms with E-state index in [1.54, 1.807) is 0 Å². The van der Waals surface area contributed by atoms with E-state index in [0.717, 1.165) is 25.9 Å². The van der Waals surface area contributed by atoms with Crippen molar-refractivity contribution in [3.8, 4) is 0 Å². The molecule has 0 aromatic heterocycles. The first-order valence-electron chi connectivity index (χ1n) is 9.32. The molecule has 0 unspecified atom stereocenters. The molecule has 0 radical (unpaired) electrons. The van der Waals surface area contributed by atoms with E-state index in [4.69, 9.17) is 11.6 Å². The number of likely N-dealkylation sites (tertiary alicyclic amines) is 1. The number of nitrogens with zero attached hydrogens (tertiary/aromatic N) is 1. The second-order valence-corrected chi connectivity index (χ2v) is 9.43. The smallest absolute Gasteiger partial charge is 0.251 e. The minimum absolute atomic E-state index is 0.0656. The number of hydrogen-bond acceptors (Lipinski definition) is 3. The van der Waals surface area contributed by atoms with Gasteiger partial charge in [0.1, 0.15) is 5.82 Å². The maximum atomic E-state index is 13.3. The summed E-state index contributed by atoms with van der Waals surface area (Å²) in [7, 11) is 0. The van der Waals surface area contributed by atoms with Gasteiger partial charge in [0.05, 0.1) is 6.54 Å². The third-order valence-electron chi connectivity index (χ3n) is 5.29. The van der Waals surface area contributed by atoms with E-state index >= 15 is 0 Å². The van der Waals surface area contributed by atoms with Gasteiger partial charge in [-0.2, -0.15) is 0 Å². The second kappa shape index (κ2) is 7.40. The SMILES string of the molecule is CC(C)(C)NCC(=O)N1CC2(CC(CNC(=O)c3cc(F)cc(Cl)c3)C2)C1. The van der Waals surface area contributed by atoms with Crippen molar-refractivity contribution in [3.05, 3.63) is 34.6 Å². The molecular formula is C20H27ClFN3O2. The van der Waals surface area contributed by atoms with Crippen molar-refractivity contribution in [1.82, 2.24) is 15.5 Å². The van der Waals surface area contributed by atoms with Crippen LogP contribution in [0.2, 0.25) is 5.02 Å². The molecule has 1 spiro atoms. The Bertz CT molecular complexity index is 713. The summed E-state index contributed by atoms with van der Waals surface area (Å²) in [5, 5.41) is 6.29. The molecule has 148 valence electrons. The normalized spacial score (nSPS) is 18.8. The van der Waals surface area contributed by atoms with Crippen LogP contribution in [-0.4, -0.2) is 48.4 Å². The zero-order valence-electron chi connectivity index (χ0n) is 16.1. The van der Waals surface area contributed by atoms with Crippen LogP contribution in [0.4, 0.5) is 4.39 Å². The first-order valence-corrected chi connectivity index (χ1v) is 9.70. The van der Waals surface area contributed by atoms with E-state index < -0.39 is 5.82 Å². The fraction of sp³-hybridized carbons (Fsp3) is 0.600. The van der Waals surface area contributed by atoms with E-state index in [2.05, 4.69) is 10.6 Å². The Labute approximate surface area is 164 Å². The van der Waals surface area contributed by atoms with Gasteiger partial charge >= 0.3 is 0 Å². The monoisotopic (exact) mass is 395 g/mol. The summed E-state index contributed by atoms with van der Waals surface area (Å²) < 4.78 is 13.3. The van der Waals surface area contributed by atoms with Crippen LogP contribution in [0.15, 0.2) is 18.2 Å². The van der Waals surface area contributed by atoms with Gasteiger partial charge in [-0.1, -0.05) is 11.6 Å². The summed E-state index contributed by atoms with van der Waals surface area (Å²) in [6.07, 6.45) is 2.02. The van der Waals surface area contributed by atoms with Crippen molar-refractivity contribution in [2.45, 2.75) is 39.2 Å². The van der Waals surface area contributed by atoms with Crippen molar-refractivity contribution in [1.29, 1.82) is 0 Å². The Kier molecular flexibility index (Phi) is 5.50. The van der Waals surface area contributed by atoms with Crippen LogP contribution >= 0.6 is 11.6 Å². The topological polar surface area (TPSA) is 61.4 Å². The molecule has 3 rings (SSSR count). The molecule has 1 aromatic carbocycles. The molecular weight excluding hydrogens is 369 g/mol. The number of rotatable bonds is 5. The molecule has 1 heterocycles. The van der Waals surface area contributed by atoms with Crippen molar-refractivity contribution in [2.75, 3.05) is 26.2 Å². The Morgan fingerprint density at radius 2 is 1.93 bits per heavy atom. The lowest BCUT2D eigenvalue weighted by Crippen LogP contribution is -2.65. The predicted octanol–water partition coefficient (Wildman–Crippen LogP) is 2.84. The molecule has 2 fully saturated rings. The van der Waals surface area contributed by atoms with Gasteiger partial charge in [0, 0.05) is 41.2 Å². The van der Waals surface area contributed by atoms with Crippen LogP contribution in [0.3, 0.4) is 0 Å². The Balaban J connectivity index is 1.37. The highest BCUT2D eigenvalue weighted by molar-refractivity contribution is 6.31. The molecule has 7 heteroatoms. The number of carbonyl (C=O) groups is 2. The number of hydrogen-bond donors (Lipinski definition) is 2. The average Bonchev–Trinajstić information content (AvgIpc) is 2.47. The molecule has 27 heavy (non-hydrogen) atoms. The summed E-state index contributed by atoms with van der Waals surface area (Å²) in [6.45, 7) is 8.67. The van der Waals surface area contributed by atoms with E-state index in [0.29, 0.717) is 19.0 Å². The molecule has 1 aliphatic heterocycles. The highest BCUT2D eigenvalue weighted by atomic mass is 35.5. The minimum Gasteiger partial charge on any atom is -0.352 e. The van der Waals surface area contributed by atoms with E-state index in [9.17, 15) is 14.0 Å². The summed E-state index contributed by atoms with van der Waals surface area (Å²) >= 11 is 5.79. The van der Waals surface area contributed by atoms with Gasteiger partial charge in [0.25, 0.3) is 5.91 Å². The minimum atomic E-state index is -0.518. The van der Waals surface area contributed by atoms with Gasteiger partial charge in [-0.05, 0) is 57.7 Å². The van der Waals surface area contributed by atoms with Crippen molar-refractivity contribution < 1.29 is 14.0 Å². The van der Waals surface area contributed by atoms with E-state index in [1.807, 2.05) is 25.7 Å². The largest absolute Gasteiger partial charge is 0.352 e. The Morgan fingerprint density at radius 1 is 1.26 bits per heavy atom. The van der Waals surface area contributed by atoms with Crippen LogP contribution in [0.5, 0.6) is 0 Å². The molecule has 2 amide bonds. The van der Waals surface area contributed by atoms with Crippen LogP contribution in [0.25, 0.3) is 0 Å². The highest BCUT2D eigenvalue weighted by Gasteiger charge is 2.53. The molecule has 0 atom stereocenters. The molecule has 1 aromatic rings. The summed E-state index contributed by atoms with van der Waals surface area (Å²) in [6, 6.07) is 3.82. The van der Waals surface area contributed by atoms with Crippen molar-refractivity contribution in [3.63, 3.8) is 0 Å². The standard InChI is InChI=1S/C20H27ClFN3O2/c1-19(2,3)24-10-17(26)25-11-20(12-25)7-13(8-20)9-23-18(27)14-4-15(21)6-16(22)5-14/h4-6,13,24H,7-12H2,1-3H3,(H,23,27). The van der Waals surface area contributed by atoms with Gasteiger partial charge < -0.3 is 15.5 Å². The maximum Gasteiger partial charge on any atom is 0.251 e. The number of amides is 2.